The van der Waals surface area contributed by atoms with Crippen molar-refractivity contribution < 1.29 is 13.5 Å². The van der Waals surface area contributed by atoms with Crippen LogP contribution in [0.5, 0.6) is 0 Å². The second kappa shape index (κ2) is 4.89. The van der Waals surface area contributed by atoms with Gasteiger partial charge in [0.15, 0.2) is 0 Å². The van der Waals surface area contributed by atoms with E-state index in [1.807, 2.05) is 0 Å². The summed E-state index contributed by atoms with van der Waals surface area (Å²) in [4.78, 5) is 0. The van der Waals surface area contributed by atoms with Crippen LogP contribution >= 0.6 is 0 Å². The third kappa shape index (κ3) is 2.39. The average molecular weight is 227 g/mol. The number of ether oxygens (including phenoxy) is 1. The highest BCUT2D eigenvalue weighted by Gasteiger charge is 2.25. The van der Waals surface area contributed by atoms with Crippen LogP contribution in [0.3, 0.4) is 0 Å². The van der Waals surface area contributed by atoms with Crippen LogP contribution in [0.25, 0.3) is 0 Å². The van der Waals surface area contributed by atoms with Gasteiger partial charge in [0.25, 0.3) is 0 Å². The number of nitrogens with two attached hydrogens (primary N) is 1. The molecule has 1 aliphatic heterocycles. The zero-order chi connectivity index (χ0) is 11.5. The van der Waals surface area contributed by atoms with Gasteiger partial charge in [-0.05, 0) is 37.5 Å². The van der Waals surface area contributed by atoms with E-state index in [2.05, 4.69) is 0 Å². The molecule has 1 aromatic carbocycles. The van der Waals surface area contributed by atoms with Crippen LogP contribution in [-0.2, 0) is 4.74 Å². The van der Waals surface area contributed by atoms with Crippen LogP contribution in [-0.4, -0.2) is 12.7 Å². The van der Waals surface area contributed by atoms with Gasteiger partial charge < -0.3 is 10.5 Å². The fraction of sp³-hybridized carbons (Fsp3) is 0.500. The molecule has 2 unspecified atom stereocenters. The van der Waals surface area contributed by atoms with Crippen molar-refractivity contribution in [1.82, 2.24) is 0 Å². The van der Waals surface area contributed by atoms with Crippen molar-refractivity contribution >= 4 is 0 Å². The number of hydrogen-bond donors (Lipinski definition) is 1. The lowest BCUT2D eigenvalue weighted by Crippen LogP contribution is -2.32. The molecule has 1 saturated heterocycles. The van der Waals surface area contributed by atoms with Crippen molar-refractivity contribution in [2.75, 3.05) is 6.61 Å². The third-order valence-corrected chi connectivity index (χ3v) is 2.93. The molecule has 4 heteroatoms. The first-order chi connectivity index (χ1) is 7.68. The van der Waals surface area contributed by atoms with Crippen molar-refractivity contribution in [3.63, 3.8) is 0 Å². The molecule has 2 rings (SSSR count). The van der Waals surface area contributed by atoms with Crippen LogP contribution in [0.15, 0.2) is 18.2 Å². The summed E-state index contributed by atoms with van der Waals surface area (Å²) >= 11 is 0. The largest absolute Gasteiger partial charge is 0.376 e. The average Bonchev–Trinajstić information content (AvgIpc) is 2.32. The Morgan fingerprint density at radius 3 is 2.81 bits per heavy atom. The number of benzene rings is 1. The highest BCUT2D eigenvalue weighted by Crippen LogP contribution is 2.26. The Kier molecular flexibility index (Phi) is 3.51. The highest BCUT2D eigenvalue weighted by molar-refractivity contribution is 5.23. The Labute approximate surface area is 93.4 Å². The lowest BCUT2D eigenvalue weighted by Gasteiger charge is -2.28. The van der Waals surface area contributed by atoms with E-state index >= 15 is 0 Å². The van der Waals surface area contributed by atoms with Crippen molar-refractivity contribution in [2.45, 2.75) is 31.4 Å². The molecule has 1 aromatic rings. The minimum atomic E-state index is -0.587. The maximum Gasteiger partial charge on any atom is 0.128 e. The first-order valence-corrected chi connectivity index (χ1v) is 5.50. The fourth-order valence-electron chi connectivity index (χ4n) is 2.02. The lowest BCUT2D eigenvalue weighted by molar-refractivity contribution is -0.000667. The Morgan fingerprint density at radius 2 is 2.12 bits per heavy atom. The summed E-state index contributed by atoms with van der Waals surface area (Å²) in [7, 11) is 0. The summed E-state index contributed by atoms with van der Waals surface area (Å²) in [6.07, 6.45) is 2.63. The topological polar surface area (TPSA) is 35.2 Å². The van der Waals surface area contributed by atoms with Gasteiger partial charge in [0, 0.05) is 12.2 Å². The zero-order valence-corrected chi connectivity index (χ0v) is 8.96. The fourth-order valence-corrected chi connectivity index (χ4v) is 2.02. The molecule has 0 bridgehead atoms. The van der Waals surface area contributed by atoms with Gasteiger partial charge in [-0.15, -0.1) is 0 Å². The predicted molar refractivity (Wildman–Crippen MR) is 56.9 cm³/mol. The molecule has 0 aromatic heterocycles. The zero-order valence-electron chi connectivity index (χ0n) is 8.96. The van der Waals surface area contributed by atoms with E-state index in [-0.39, 0.29) is 11.7 Å². The van der Waals surface area contributed by atoms with Crippen LogP contribution in [0.2, 0.25) is 0 Å². The first kappa shape index (κ1) is 11.5. The summed E-state index contributed by atoms with van der Waals surface area (Å²) in [6.45, 7) is 0.648. The van der Waals surface area contributed by atoms with Crippen LogP contribution in [0.1, 0.15) is 30.9 Å². The molecular formula is C12H15F2NO. The molecule has 2 N–H and O–H groups in total. The monoisotopic (exact) mass is 227 g/mol. The predicted octanol–water partition coefficient (Wildman–Crippen LogP) is 2.53. The lowest BCUT2D eigenvalue weighted by atomic mass is 9.96. The second-order valence-corrected chi connectivity index (χ2v) is 4.10. The van der Waals surface area contributed by atoms with Crippen LogP contribution in [0.4, 0.5) is 8.78 Å². The van der Waals surface area contributed by atoms with Gasteiger partial charge in [0.05, 0.1) is 12.1 Å². The molecule has 0 aliphatic carbocycles. The second-order valence-electron chi connectivity index (χ2n) is 4.10. The summed E-state index contributed by atoms with van der Waals surface area (Å²) < 4.78 is 32.0. The molecule has 1 fully saturated rings. The summed E-state index contributed by atoms with van der Waals surface area (Å²) in [6, 6.07) is 2.76. The first-order valence-electron chi connectivity index (χ1n) is 5.50. The van der Waals surface area contributed by atoms with Crippen molar-refractivity contribution in [2.24, 2.45) is 5.73 Å². The highest BCUT2D eigenvalue weighted by atomic mass is 19.1. The molecule has 0 saturated carbocycles. The maximum atomic E-state index is 13.5. The molecule has 0 amide bonds. The number of halogens is 2. The summed E-state index contributed by atoms with van der Waals surface area (Å²) in [5.41, 5.74) is 6.11. The minimum Gasteiger partial charge on any atom is -0.376 e. The van der Waals surface area contributed by atoms with E-state index in [1.165, 1.54) is 0 Å². The Hall–Kier alpha value is -1.00. The van der Waals surface area contributed by atoms with Crippen molar-refractivity contribution in [3.05, 3.63) is 35.4 Å². The Morgan fingerprint density at radius 1 is 1.31 bits per heavy atom. The van der Waals surface area contributed by atoms with Gasteiger partial charge in [0.2, 0.25) is 0 Å². The number of rotatable bonds is 2. The quantitative estimate of drug-likeness (QED) is 0.842. The molecule has 2 atom stereocenters. The molecule has 0 spiro atoms. The van der Waals surface area contributed by atoms with Gasteiger partial charge in [-0.3, -0.25) is 0 Å². The molecule has 16 heavy (non-hydrogen) atoms. The van der Waals surface area contributed by atoms with Gasteiger partial charge in [-0.2, -0.15) is 0 Å². The summed E-state index contributed by atoms with van der Waals surface area (Å²) in [5, 5.41) is 0. The van der Waals surface area contributed by atoms with Crippen molar-refractivity contribution in [1.29, 1.82) is 0 Å². The molecule has 2 nitrogen and oxygen atoms in total. The Bertz CT molecular complexity index is 364. The third-order valence-electron chi connectivity index (χ3n) is 2.93. The molecule has 0 radical (unpaired) electrons. The van der Waals surface area contributed by atoms with Crippen LogP contribution in [0, 0.1) is 11.6 Å². The van der Waals surface area contributed by atoms with Gasteiger partial charge >= 0.3 is 0 Å². The molecule has 88 valence electrons. The van der Waals surface area contributed by atoms with E-state index in [0.29, 0.717) is 6.61 Å². The van der Waals surface area contributed by atoms with Gasteiger partial charge in [-0.25, -0.2) is 8.78 Å². The normalized spacial score (nSPS) is 23.1. The van der Waals surface area contributed by atoms with Crippen LogP contribution < -0.4 is 5.73 Å². The smallest absolute Gasteiger partial charge is 0.128 e. The van der Waals surface area contributed by atoms with E-state index < -0.39 is 17.7 Å². The maximum absolute atomic E-state index is 13.5. The van der Waals surface area contributed by atoms with Crippen molar-refractivity contribution in [3.8, 4) is 0 Å². The molecular weight excluding hydrogens is 212 g/mol. The van der Waals surface area contributed by atoms with Gasteiger partial charge in [0.1, 0.15) is 11.6 Å². The SMILES string of the molecule is NC(c1cc(F)ccc1F)C1CCCCO1. The minimum absolute atomic E-state index is 0.201. The molecule has 1 heterocycles. The standard InChI is InChI=1S/C12H15F2NO/c13-8-4-5-10(14)9(7-8)12(15)11-3-1-2-6-16-11/h4-5,7,11-12H,1-3,6,15H2. The van der Waals surface area contributed by atoms with E-state index in [0.717, 1.165) is 37.5 Å². The van der Waals surface area contributed by atoms with E-state index in [9.17, 15) is 8.78 Å². The molecule has 1 aliphatic rings. The summed E-state index contributed by atoms with van der Waals surface area (Å²) in [5.74, 6) is -0.939. The number of hydrogen-bond acceptors (Lipinski definition) is 2. The van der Waals surface area contributed by atoms with E-state index in [4.69, 9.17) is 10.5 Å². The Balaban J connectivity index is 2.18. The van der Waals surface area contributed by atoms with Gasteiger partial charge in [-0.1, -0.05) is 0 Å². The van der Waals surface area contributed by atoms with E-state index in [1.54, 1.807) is 0 Å².